The number of fused-ring (bicyclic) bond motifs is 1. The largest absolute Gasteiger partial charge is 0.488 e. The molecule has 3 N–H and O–H groups in total. The Morgan fingerprint density at radius 3 is 2.79 bits per heavy atom. The fraction of sp³-hybridized carbons (Fsp3) is 0.316. The molecule has 0 fully saturated rings. The number of halogens is 1. The van der Waals surface area contributed by atoms with Crippen molar-refractivity contribution in [2.45, 2.75) is 33.0 Å². The molecule has 29 heavy (non-hydrogen) atoms. The van der Waals surface area contributed by atoms with Crippen LogP contribution in [0.4, 0.5) is 15.9 Å². The number of nitrogens with one attached hydrogen (secondary N) is 1. The topological polar surface area (TPSA) is 119 Å². The van der Waals surface area contributed by atoms with Crippen molar-refractivity contribution in [2.24, 2.45) is 0 Å². The third-order valence-corrected chi connectivity index (χ3v) is 4.58. The molecule has 2 aromatic heterocycles. The first-order chi connectivity index (χ1) is 13.9. The molecule has 0 amide bonds. The third kappa shape index (κ3) is 3.73. The van der Waals surface area contributed by atoms with Gasteiger partial charge in [-0.1, -0.05) is 0 Å². The van der Waals surface area contributed by atoms with E-state index in [9.17, 15) is 4.39 Å². The summed E-state index contributed by atoms with van der Waals surface area (Å²) in [6, 6.07) is 4.33. The van der Waals surface area contributed by atoms with Crippen LogP contribution >= 0.6 is 0 Å². The molecule has 4 rings (SSSR count). The number of hydrogen-bond acceptors (Lipinski definition) is 8. The van der Waals surface area contributed by atoms with Gasteiger partial charge in [0.1, 0.15) is 24.3 Å². The number of nitrogens with zero attached hydrogens (tertiary/aromatic N) is 6. The van der Waals surface area contributed by atoms with Gasteiger partial charge in [-0.15, -0.1) is 0 Å². The molecule has 0 atom stereocenters. The lowest BCUT2D eigenvalue weighted by Crippen LogP contribution is -2.35. The highest BCUT2D eigenvalue weighted by Gasteiger charge is 2.21. The Balaban J connectivity index is 1.63. The normalized spacial score (nSPS) is 13.4. The van der Waals surface area contributed by atoms with Crippen LogP contribution in [0.5, 0.6) is 5.75 Å². The maximum Gasteiger partial charge on any atom is 0.167 e. The molecule has 0 aliphatic carbocycles. The Morgan fingerprint density at radius 1 is 1.17 bits per heavy atom. The van der Waals surface area contributed by atoms with E-state index in [4.69, 9.17) is 15.9 Å². The molecular formula is C19H21FN8O. The SMILES string of the molecule is CC(C)Oc1cc(C(=N)c2cc(N3CCn4ncnc4C3)ncn2)c(N)cc1F. The minimum absolute atomic E-state index is 0.0543. The lowest BCUT2D eigenvalue weighted by molar-refractivity contribution is 0.231. The average molecular weight is 396 g/mol. The van der Waals surface area contributed by atoms with Gasteiger partial charge in [0, 0.05) is 29.9 Å². The third-order valence-electron chi connectivity index (χ3n) is 4.58. The van der Waals surface area contributed by atoms with Crippen molar-refractivity contribution >= 4 is 17.2 Å². The second-order valence-electron chi connectivity index (χ2n) is 6.99. The van der Waals surface area contributed by atoms with Gasteiger partial charge in [-0.25, -0.2) is 24.0 Å². The summed E-state index contributed by atoms with van der Waals surface area (Å²) in [6.45, 7) is 5.58. The van der Waals surface area contributed by atoms with Crippen LogP contribution in [-0.2, 0) is 13.1 Å². The quantitative estimate of drug-likeness (QED) is 0.500. The Morgan fingerprint density at radius 2 is 2.00 bits per heavy atom. The highest BCUT2D eigenvalue weighted by Crippen LogP contribution is 2.27. The summed E-state index contributed by atoms with van der Waals surface area (Å²) in [7, 11) is 0. The van der Waals surface area contributed by atoms with Crippen LogP contribution in [-0.4, -0.2) is 43.1 Å². The Bertz CT molecular complexity index is 1060. The summed E-state index contributed by atoms with van der Waals surface area (Å²) >= 11 is 0. The zero-order valence-corrected chi connectivity index (χ0v) is 16.1. The summed E-state index contributed by atoms with van der Waals surface area (Å²) in [6.07, 6.45) is 2.74. The zero-order valence-electron chi connectivity index (χ0n) is 16.1. The number of ether oxygens (including phenoxy) is 1. The van der Waals surface area contributed by atoms with Crippen LogP contribution in [0.15, 0.2) is 30.9 Å². The monoisotopic (exact) mass is 396 g/mol. The molecule has 0 saturated heterocycles. The molecule has 150 valence electrons. The molecule has 0 spiro atoms. The highest BCUT2D eigenvalue weighted by atomic mass is 19.1. The summed E-state index contributed by atoms with van der Waals surface area (Å²) in [5.74, 6) is 1.02. The van der Waals surface area contributed by atoms with E-state index in [1.807, 2.05) is 9.58 Å². The Labute approximate surface area is 166 Å². The average Bonchev–Trinajstić information content (AvgIpc) is 3.17. The highest BCUT2D eigenvalue weighted by molar-refractivity contribution is 6.13. The second kappa shape index (κ2) is 7.46. The van der Waals surface area contributed by atoms with Crippen molar-refractivity contribution in [1.82, 2.24) is 24.7 Å². The van der Waals surface area contributed by atoms with E-state index in [1.165, 1.54) is 24.8 Å². The molecule has 0 saturated carbocycles. The van der Waals surface area contributed by atoms with Crippen LogP contribution in [0.2, 0.25) is 0 Å². The number of hydrogen-bond donors (Lipinski definition) is 2. The van der Waals surface area contributed by atoms with Gasteiger partial charge in [0.2, 0.25) is 0 Å². The van der Waals surface area contributed by atoms with Crippen molar-refractivity contribution < 1.29 is 9.13 Å². The van der Waals surface area contributed by atoms with Gasteiger partial charge in [0.05, 0.1) is 30.6 Å². The number of rotatable bonds is 5. The maximum absolute atomic E-state index is 14.1. The molecule has 1 aromatic carbocycles. The fourth-order valence-corrected chi connectivity index (χ4v) is 3.18. The van der Waals surface area contributed by atoms with E-state index in [0.29, 0.717) is 36.7 Å². The lowest BCUT2D eigenvalue weighted by Gasteiger charge is -2.27. The molecule has 1 aliphatic rings. The van der Waals surface area contributed by atoms with E-state index in [1.54, 1.807) is 19.9 Å². The first-order valence-corrected chi connectivity index (χ1v) is 9.21. The fourth-order valence-electron chi connectivity index (χ4n) is 3.18. The van der Waals surface area contributed by atoms with Gasteiger partial charge in [-0.3, -0.25) is 5.41 Å². The maximum atomic E-state index is 14.1. The number of nitrogens with two attached hydrogens (primary N) is 1. The van der Waals surface area contributed by atoms with Gasteiger partial charge in [0.25, 0.3) is 0 Å². The van der Waals surface area contributed by atoms with Crippen molar-refractivity contribution in [2.75, 3.05) is 17.2 Å². The standard InChI is InChI=1S/C19H21FN8O/c1-11(2)29-16-5-12(14(21)6-13(16)20)19(22)15-7-17(24-9-23-15)27-3-4-28-18(8-27)25-10-26-28/h5-7,9-11,22H,3-4,8,21H2,1-2H3. The lowest BCUT2D eigenvalue weighted by atomic mass is 10.0. The summed E-state index contributed by atoms with van der Waals surface area (Å²) < 4.78 is 21.5. The molecule has 3 heterocycles. The number of nitrogen functional groups attached to an aromatic ring is 1. The predicted molar refractivity (Wildman–Crippen MR) is 106 cm³/mol. The molecule has 0 bridgehead atoms. The van der Waals surface area contributed by atoms with Gasteiger partial charge < -0.3 is 15.4 Å². The molecule has 0 unspecified atom stereocenters. The van der Waals surface area contributed by atoms with Crippen LogP contribution < -0.4 is 15.4 Å². The number of anilines is 2. The zero-order chi connectivity index (χ0) is 20.5. The van der Waals surface area contributed by atoms with Gasteiger partial charge in [-0.05, 0) is 19.9 Å². The molecule has 9 nitrogen and oxygen atoms in total. The molecule has 1 aliphatic heterocycles. The van der Waals surface area contributed by atoms with Gasteiger partial charge in [0.15, 0.2) is 11.6 Å². The molecular weight excluding hydrogens is 375 g/mol. The van der Waals surface area contributed by atoms with Crippen LogP contribution in [0.25, 0.3) is 0 Å². The molecule has 0 radical (unpaired) electrons. The van der Waals surface area contributed by atoms with E-state index >= 15 is 0 Å². The smallest absolute Gasteiger partial charge is 0.167 e. The number of aromatic nitrogens is 5. The summed E-state index contributed by atoms with van der Waals surface area (Å²) in [5.41, 5.74) is 6.93. The minimum atomic E-state index is -0.562. The van der Waals surface area contributed by atoms with Crippen molar-refractivity contribution in [3.05, 3.63) is 53.8 Å². The van der Waals surface area contributed by atoms with Crippen molar-refractivity contribution in [3.8, 4) is 5.75 Å². The Kier molecular flexibility index (Phi) is 4.83. The van der Waals surface area contributed by atoms with E-state index < -0.39 is 5.82 Å². The van der Waals surface area contributed by atoms with Crippen molar-refractivity contribution in [1.29, 1.82) is 5.41 Å². The minimum Gasteiger partial charge on any atom is -0.488 e. The van der Waals surface area contributed by atoms with Crippen LogP contribution in [0.3, 0.4) is 0 Å². The summed E-state index contributed by atoms with van der Waals surface area (Å²) in [4.78, 5) is 14.8. The molecule has 10 heteroatoms. The number of benzene rings is 1. The van der Waals surface area contributed by atoms with Gasteiger partial charge >= 0.3 is 0 Å². The molecule has 3 aromatic rings. The Hall–Kier alpha value is -3.56. The van der Waals surface area contributed by atoms with Crippen LogP contribution in [0.1, 0.15) is 30.9 Å². The predicted octanol–water partition coefficient (Wildman–Crippen LogP) is 2.01. The van der Waals surface area contributed by atoms with E-state index in [-0.39, 0.29) is 23.3 Å². The first kappa shape index (κ1) is 18.8. The van der Waals surface area contributed by atoms with Crippen molar-refractivity contribution in [3.63, 3.8) is 0 Å². The van der Waals surface area contributed by atoms with E-state index in [2.05, 4.69) is 20.1 Å². The first-order valence-electron chi connectivity index (χ1n) is 9.21. The summed E-state index contributed by atoms with van der Waals surface area (Å²) in [5, 5.41) is 12.7. The van der Waals surface area contributed by atoms with Crippen LogP contribution in [0, 0.1) is 11.2 Å². The van der Waals surface area contributed by atoms with E-state index in [0.717, 1.165) is 5.82 Å². The second-order valence-corrected chi connectivity index (χ2v) is 6.99. The van der Waals surface area contributed by atoms with Gasteiger partial charge in [-0.2, -0.15) is 5.10 Å².